The molecule has 0 saturated heterocycles. The summed E-state index contributed by atoms with van der Waals surface area (Å²) in [6.45, 7) is 3.83. The number of nitrogens with two attached hydrogens (primary N) is 1. The maximum Gasteiger partial charge on any atom is 0.167 e. The number of nitrogen functional groups attached to an aromatic ring is 1. The Hall–Kier alpha value is -1.49. The third-order valence-electron chi connectivity index (χ3n) is 3.40. The molecular formula is C15H23FN2O2. The molecule has 1 aromatic carbocycles. The molecule has 0 bridgehead atoms. The van der Waals surface area contributed by atoms with E-state index in [0.717, 1.165) is 13.0 Å². The van der Waals surface area contributed by atoms with Crippen LogP contribution in [0, 0.1) is 5.82 Å². The van der Waals surface area contributed by atoms with E-state index in [9.17, 15) is 4.39 Å². The van der Waals surface area contributed by atoms with Gasteiger partial charge in [-0.15, -0.1) is 0 Å². The Labute approximate surface area is 119 Å². The molecule has 0 aliphatic heterocycles. The van der Waals surface area contributed by atoms with Crippen LogP contribution in [-0.4, -0.2) is 37.7 Å². The van der Waals surface area contributed by atoms with Crippen LogP contribution >= 0.6 is 0 Å². The first-order chi connectivity index (χ1) is 9.61. The maximum atomic E-state index is 13.6. The van der Waals surface area contributed by atoms with Gasteiger partial charge in [0.25, 0.3) is 0 Å². The van der Waals surface area contributed by atoms with Gasteiger partial charge in [0.05, 0.1) is 12.3 Å². The van der Waals surface area contributed by atoms with Gasteiger partial charge in [-0.1, -0.05) is 6.92 Å². The topological polar surface area (TPSA) is 47.7 Å². The van der Waals surface area contributed by atoms with Crippen LogP contribution in [0.5, 0.6) is 11.5 Å². The van der Waals surface area contributed by atoms with E-state index in [1.165, 1.54) is 25.0 Å². The number of nitrogens with zero attached hydrogens (tertiary/aromatic N) is 1. The summed E-state index contributed by atoms with van der Waals surface area (Å²) in [5.74, 6) is 0.242. The molecule has 0 radical (unpaired) electrons. The number of ether oxygens (including phenoxy) is 2. The fourth-order valence-corrected chi connectivity index (χ4v) is 2.00. The lowest BCUT2D eigenvalue weighted by Gasteiger charge is -2.17. The predicted octanol–water partition coefficient (Wildman–Crippen LogP) is 2.67. The Morgan fingerprint density at radius 1 is 1.25 bits per heavy atom. The van der Waals surface area contributed by atoms with Gasteiger partial charge in [-0.2, -0.15) is 0 Å². The van der Waals surface area contributed by atoms with Crippen LogP contribution in [0.1, 0.15) is 26.2 Å². The quantitative estimate of drug-likeness (QED) is 0.745. The molecule has 1 fully saturated rings. The fourth-order valence-electron chi connectivity index (χ4n) is 2.00. The first-order valence-electron chi connectivity index (χ1n) is 7.16. The lowest BCUT2D eigenvalue weighted by molar-refractivity contribution is 0.231. The smallest absolute Gasteiger partial charge is 0.167 e. The van der Waals surface area contributed by atoms with Gasteiger partial charge >= 0.3 is 0 Å². The monoisotopic (exact) mass is 282 g/mol. The highest BCUT2D eigenvalue weighted by Gasteiger charge is 2.25. The number of anilines is 1. The van der Waals surface area contributed by atoms with Crippen molar-refractivity contribution in [2.45, 2.75) is 32.2 Å². The Morgan fingerprint density at radius 3 is 2.60 bits per heavy atom. The van der Waals surface area contributed by atoms with E-state index in [2.05, 4.69) is 11.9 Å². The molecule has 2 N–H and O–H groups in total. The van der Waals surface area contributed by atoms with E-state index in [0.29, 0.717) is 30.7 Å². The first kappa shape index (κ1) is 14.9. The highest BCUT2D eigenvalue weighted by molar-refractivity contribution is 5.56. The maximum absolute atomic E-state index is 13.6. The molecule has 20 heavy (non-hydrogen) atoms. The number of halogens is 1. The van der Waals surface area contributed by atoms with E-state index in [-0.39, 0.29) is 5.75 Å². The molecule has 1 saturated carbocycles. The lowest BCUT2D eigenvalue weighted by Crippen LogP contribution is -2.26. The summed E-state index contributed by atoms with van der Waals surface area (Å²) in [6.07, 6.45) is 3.36. The molecule has 1 aliphatic rings. The van der Waals surface area contributed by atoms with Gasteiger partial charge < -0.3 is 20.1 Å². The molecule has 0 amide bonds. The van der Waals surface area contributed by atoms with Crippen molar-refractivity contribution in [2.75, 3.05) is 32.5 Å². The number of likely N-dealkylation sites (N-methyl/N-ethyl adjacent to an activating group) is 1. The van der Waals surface area contributed by atoms with E-state index < -0.39 is 5.82 Å². The summed E-state index contributed by atoms with van der Waals surface area (Å²) in [7, 11) is 2.09. The van der Waals surface area contributed by atoms with E-state index in [1.807, 2.05) is 6.92 Å². The van der Waals surface area contributed by atoms with E-state index >= 15 is 0 Å². The summed E-state index contributed by atoms with van der Waals surface area (Å²) in [5, 5.41) is 0. The SMILES string of the molecule is CCCOc1cc(OCCN(C)C2CC2)c(N)cc1F. The van der Waals surface area contributed by atoms with Crippen molar-refractivity contribution in [2.24, 2.45) is 0 Å². The first-order valence-corrected chi connectivity index (χ1v) is 7.16. The zero-order valence-corrected chi connectivity index (χ0v) is 12.2. The average molecular weight is 282 g/mol. The second-order valence-corrected chi connectivity index (χ2v) is 5.23. The number of hydrogen-bond donors (Lipinski definition) is 1. The van der Waals surface area contributed by atoms with Crippen molar-refractivity contribution in [3.63, 3.8) is 0 Å². The highest BCUT2D eigenvalue weighted by Crippen LogP contribution is 2.30. The predicted molar refractivity (Wildman–Crippen MR) is 77.7 cm³/mol. The van der Waals surface area contributed by atoms with Crippen LogP contribution in [0.2, 0.25) is 0 Å². The molecule has 4 nitrogen and oxygen atoms in total. The van der Waals surface area contributed by atoms with Gasteiger partial charge in [0.2, 0.25) is 0 Å². The molecule has 2 rings (SSSR count). The summed E-state index contributed by atoms with van der Waals surface area (Å²) in [5.41, 5.74) is 6.08. The number of hydrogen-bond acceptors (Lipinski definition) is 4. The molecule has 0 atom stereocenters. The van der Waals surface area contributed by atoms with Gasteiger partial charge in [0.1, 0.15) is 12.4 Å². The van der Waals surface area contributed by atoms with Gasteiger partial charge in [-0.05, 0) is 26.3 Å². The van der Waals surface area contributed by atoms with E-state index in [4.69, 9.17) is 15.2 Å². The Kier molecular flexibility index (Phi) is 5.06. The summed E-state index contributed by atoms with van der Waals surface area (Å²) >= 11 is 0. The van der Waals surface area contributed by atoms with Crippen molar-refractivity contribution in [3.8, 4) is 11.5 Å². The van der Waals surface area contributed by atoms with Crippen molar-refractivity contribution in [3.05, 3.63) is 17.9 Å². The van der Waals surface area contributed by atoms with E-state index in [1.54, 1.807) is 0 Å². The minimum atomic E-state index is -0.446. The van der Waals surface area contributed by atoms with Crippen LogP contribution in [-0.2, 0) is 0 Å². The van der Waals surface area contributed by atoms with Crippen LogP contribution in [0.15, 0.2) is 12.1 Å². The molecule has 0 heterocycles. The Bertz CT molecular complexity index is 450. The van der Waals surface area contributed by atoms with Crippen molar-refractivity contribution in [1.29, 1.82) is 0 Å². The minimum Gasteiger partial charge on any atom is -0.490 e. The number of benzene rings is 1. The molecule has 0 aromatic heterocycles. The van der Waals surface area contributed by atoms with Crippen LogP contribution in [0.4, 0.5) is 10.1 Å². The molecule has 5 heteroatoms. The van der Waals surface area contributed by atoms with Gasteiger partial charge in [-0.25, -0.2) is 4.39 Å². The highest BCUT2D eigenvalue weighted by atomic mass is 19.1. The second kappa shape index (κ2) is 6.79. The second-order valence-electron chi connectivity index (χ2n) is 5.23. The van der Waals surface area contributed by atoms with Gasteiger partial charge in [0.15, 0.2) is 11.6 Å². The Balaban J connectivity index is 1.91. The normalized spacial score (nSPS) is 14.6. The molecule has 0 unspecified atom stereocenters. The summed E-state index contributed by atoms with van der Waals surface area (Å²) < 4.78 is 24.6. The van der Waals surface area contributed by atoms with Gasteiger partial charge in [0, 0.05) is 24.7 Å². The zero-order chi connectivity index (χ0) is 14.5. The number of rotatable bonds is 8. The van der Waals surface area contributed by atoms with Gasteiger partial charge in [-0.3, -0.25) is 0 Å². The fraction of sp³-hybridized carbons (Fsp3) is 0.600. The summed E-state index contributed by atoms with van der Waals surface area (Å²) in [6, 6.07) is 3.50. The Morgan fingerprint density at radius 2 is 1.95 bits per heavy atom. The van der Waals surface area contributed by atoms with Crippen LogP contribution < -0.4 is 15.2 Å². The van der Waals surface area contributed by atoms with Crippen LogP contribution in [0.25, 0.3) is 0 Å². The standard InChI is InChI=1S/C15H23FN2O2/c1-3-7-19-14-10-15(13(17)9-12(14)16)20-8-6-18(2)11-4-5-11/h9-11H,3-8,17H2,1-2H3. The third-order valence-corrected chi connectivity index (χ3v) is 3.40. The average Bonchev–Trinajstić information content (AvgIpc) is 3.24. The summed E-state index contributed by atoms with van der Waals surface area (Å²) in [4.78, 5) is 2.27. The van der Waals surface area contributed by atoms with Crippen molar-refractivity contribution < 1.29 is 13.9 Å². The van der Waals surface area contributed by atoms with Crippen molar-refractivity contribution >= 4 is 5.69 Å². The molecule has 1 aliphatic carbocycles. The molecule has 0 spiro atoms. The lowest BCUT2D eigenvalue weighted by atomic mass is 10.2. The molecular weight excluding hydrogens is 259 g/mol. The third kappa shape index (κ3) is 4.00. The molecule has 1 aromatic rings. The molecule has 112 valence electrons. The van der Waals surface area contributed by atoms with Crippen molar-refractivity contribution in [1.82, 2.24) is 4.90 Å². The minimum absolute atomic E-state index is 0.201. The van der Waals surface area contributed by atoms with Crippen LogP contribution in [0.3, 0.4) is 0 Å². The largest absolute Gasteiger partial charge is 0.490 e. The zero-order valence-electron chi connectivity index (χ0n) is 12.2.